The fourth-order valence-corrected chi connectivity index (χ4v) is 3.41. The largest absolute Gasteiger partial charge is 0.497 e. The van der Waals surface area contributed by atoms with E-state index in [0.717, 1.165) is 39.0 Å². The molecule has 0 fully saturated rings. The number of methoxy groups -OCH3 is 1. The van der Waals surface area contributed by atoms with E-state index < -0.39 is 0 Å². The van der Waals surface area contributed by atoms with E-state index in [2.05, 4.69) is 10.3 Å². The molecule has 0 atom stereocenters. The van der Waals surface area contributed by atoms with Crippen molar-refractivity contribution in [2.24, 2.45) is 4.99 Å². The van der Waals surface area contributed by atoms with Gasteiger partial charge in [0.25, 0.3) is 5.91 Å². The zero-order chi connectivity index (χ0) is 22.3. The number of benzene rings is 4. The van der Waals surface area contributed by atoms with Crippen molar-refractivity contribution in [3.63, 3.8) is 0 Å². The van der Waals surface area contributed by atoms with Crippen LogP contribution < -0.4 is 14.8 Å². The molecule has 1 N–H and O–H groups in total. The van der Waals surface area contributed by atoms with Gasteiger partial charge in [0.1, 0.15) is 11.5 Å². The molecule has 4 rings (SSSR count). The molecule has 0 aromatic heterocycles. The van der Waals surface area contributed by atoms with Crippen molar-refractivity contribution in [2.45, 2.75) is 6.92 Å². The molecule has 5 nitrogen and oxygen atoms in total. The fraction of sp³-hybridized carbons (Fsp3) is 0.111. The lowest BCUT2D eigenvalue weighted by Crippen LogP contribution is -2.20. The first kappa shape index (κ1) is 21.1. The van der Waals surface area contributed by atoms with Crippen LogP contribution in [-0.4, -0.2) is 25.8 Å². The first-order valence-corrected chi connectivity index (χ1v) is 10.3. The van der Waals surface area contributed by atoms with E-state index in [9.17, 15) is 4.79 Å². The van der Waals surface area contributed by atoms with Crippen LogP contribution in [0.3, 0.4) is 0 Å². The normalized spacial score (nSPS) is 10.9. The summed E-state index contributed by atoms with van der Waals surface area (Å²) < 4.78 is 11.1. The van der Waals surface area contributed by atoms with Gasteiger partial charge in [-0.05, 0) is 65.7 Å². The summed E-state index contributed by atoms with van der Waals surface area (Å²) >= 11 is 0. The Labute approximate surface area is 187 Å². The predicted molar refractivity (Wildman–Crippen MR) is 129 cm³/mol. The van der Waals surface area contributed by atoms with Crippen LogP contribution in [0.4, 0.5) is 11.4 Å². The Bertz CT molecular complexity index is 1260. The van der Waals surface area contributed by atoms with Crippen LogP contribution in [0.1, 0.15) is 11.1 Å². The van der Waals surface area contributed by atoms with E-state index in [0.29, 0.717) is 5.75 Å². The summed E-state index contributed by atoms with van der Waals surface area (Å²) in [5.41, 5.74) is 3.44. The van der Waals surface area contributed by atoms with Gasteiger partial charge in [0, 0.05) is 17.5 Å². The van der Waals surface area contributed by atoms with E-state index in [1.807, 2.05) is 91.9 Å². The minimum absolute atomic E-state index is 0.102. The number of aryl methyl sites for hydroxylation is 1. The number of hydrogen-bond donors (Lipinski definition) is 1. The fourth-order valence-electron chi connectivity index (χ4n) is 3.41. The molecule has 0 spiro atoms. The van der Waals surface area contributed by atoms with Crippen LogP contribution in [0.15, 0.2) is 89.9 Å². The van der Waals surface area contributed by atoms with E-state index in [4.69, 9.17) is 9.47 Å². The van der Waals surface area contributed by atoms with Gasteiger partial charge in [-0.3, -0.25) is 9.79 Å². The summed E-state index contributed by atoms with van der Waals surface area (Å²) in [5.74, 6) is 1.15. The number of nitrogens with zero attached hydrogens (tertiary/aromatic N) is 1. The van der Waals surface area contributed by atoms with E-state index in [1.54, 1.807) is 13.3 Å². The average molecular weight is 425 g/mol. The molecule has 0 aliphatic carbocycles. The summed E-state index contributed by atoms with van der Waals surface area (Å²) in [6.07, 6.45) is 1.78. The van der Waals surface area contributed by atoms with Crippen LogP contribution in [0.5, 0.6) is 11.5 Å². The van der Waals surface area contributed by atoms with Crippen LogP contribution in [-0.2, 0) is 4.79 Å². The Hall–Kier alpha value is -4.12. The van der Waals surface area contributed by atoms with Gasteiger partial charge >= 0.3 is 0 Å². The van der Waals surface area contributed by atoms with Crippen molar-refractivity contribution in [1.29, 1.82) is 0 Å². The van der Waals surface area contributed by atoms with Gasteiger partial charge in [-0.25, -0.2) is 0 Å². The second-order valence-electron chi connectivity index (χ2n) is 7.36. The lowest BCUT2D eigenvalue weighted by molar-refractivity contribution is -0.118. The molecule has 0 bridgehead atoms. The van der Waals surface area contributed by atoms with Crippen molar-refractivity contribution in [2.75, 3.05) is 19.0 Å². The van der Waals surface area contributed by atoms with Gasteiger partial charge in [-0.2, -0.15) is 0 Å². The number of nitrogens with one attached hydrogen (secondary N) is 1. The standard InChI is InChI=1S/C27H24N2O3/c1-19-6-5-8-22(16-19)29-27(30)18-32-26-15-10-20-7-3-4-9-24(20)25(26)17-28-21-11-13-23(31-2)14-12-21/h3-17H,18H2,1-2H3,(H,29,30). The van der Waals surface area contributed by atoms with Gasteiger partial charge < -0.3 is 14.8 Å². The number of carbonyl (C=O) groups excluding carboxylic acids is 1. The first-order valence-electron chi connectivity index (χ1n) is 10.3. The second-order valence-corrected chi connectivity index (χ2v) is 7.36. The second kappa shape index (κ2) is 9.79. The van der Waals surface area contributed by atoms with Gasteiger partial charge in [-0.15, -0.1) is 0 Å². The highest BCUT2D eigenvalue weighted by atomic mass is 16.5. The predicted octanol–water partition coefficient (Wildman–Crippen LogP) is 5.92. The number of hydrogen-bond acceptors (Lipinski definition) is 4. The molecule has 5 heteroatoms. The molecule has 0 aliphatic rings. The molecule has 32 heavy (non-hydrogen) atoms. The maximum Gasteiger partial charge on any atom is 0.262 e. The molecule has 4 aromatic rings. The Morgan fingerprint density at radius 2 is 1.78 bits per heavy atom. The molecule has 0 radical (unpaired) electrons. The molecule has 0 saturated heterocycles. The number of ether oxygens (including phenoxy) is 2. The highest BCUT2D eigenvalue weighted by Gasteiger charge is 2.10. The molecule has 0 heterocycles. The lowest BCUT2D eigenvalue weighted by atomic mass is 10.0. The molecule has 1 amide bonds. The van der Waals surface area contributed by atoms with Crippen molar-refractivity contribution in [3.05, 3.63) is 96.1 Å². The van der Waals surface area contributed by atoms with E-state index in [-0.39, 0.29) is 12.5 Å². The Kier molecular flexibility index (Phi) is 6.46. The smallest absolute Gasteiger partial charge is 0.262 e. The van der Waals surface area contributed by atoms with E-state index in [1.165, 1.54) is 0 Å². The summed E-state index contributed by atoms with van der Waals surface area (Å²) in [7, 11) is 1.63. The van der Waals surface area contributed by atoms with Gasteiger partial charge in [0.05, 0.1) is 12.8 Å². The first-order chi connectivity index (χ1) is 15.6. The summed E-state index contributed by atoms with van der Waals surface area (Å²) in [4.78, 5) is 17.0. The summed E-state index contributed by atoms with van der Waals surface area (Å²) in [6.45, 7) is 1.88. The maximum absolute atomic E-state index is 12.4. The van der Waals surface area contributed by atoms with Crippen LogP contribution >= 0.6 is 0 Å². The minimum Gasteiger partial charge on any atom is -0.497 e. The monoisotopic (exact) mass is 424 g/mol. The van der Waals surface area contributed by atoms with Gasteiger partial charge in [0.2, 0.25) is 0 Å². The number of anilines is 1. The number of carbonyl (C=O) groups is 1. The molecule has 4 aromatic carbocycles. The molecule has 0 aliphatic heterocycles. The van der Waals surface area contributed by atoms with Gasteiger partial charge in [0.15, 0.2) is 6.61 Å². The third kappa shape index (κ3) is 5.13. The quantitative estimate of drug-likeness (QED) is 0.374. The van der Waals surface area contributed by atoms with Crippen molar-refractivity contribution in [3.8, 4) is 11.5 Å². The number of amides is 1. The zero-order valence-corrected chi connectivity index (χ0v) is 18.0. The molecule has 0 unspecified atom stereocenters. The highest BCUT2D eigenvalue weighted by molar-refractivity contribution is 6.03. The van der Waals surface area contributed by atoms with E-state index >= 15 is 0 Å². The maximum atomic E-state index is 12.4. The minimum atomic E-state index is -0.221. The molecule has 160 valence electrons. The van der Waals surface area contributed by atoms with Crippen molar-refractivity contribution < 1.29 is 14.3 Å². The average Bonchev–Trinajstić information content (AvgIpc) is 2.82. The molecular formula is C27H24N2O3. The van der Waals surface area contributed by atoms with Crippen molar-refractivity contribution in [1.82, 2.24) is 0 Å². The summed E-state index contributed by atoms with van der Waals surface area (Å²) in [6, 6.07) is 27.0. The highest BCUT2D eigenvalue weighted by Crippen LogP contribution is 2.28. The van der Waals surface area contributed by atoms with Crippen LogP contribution in [0.2, 0.25) is 0 Å². The van der Waals surface area contributed by atoms with Gasteiger partial charge in [-0.1, -0.05) is 42.5 Å². The number of rotatable bonds is 7. The van der Waals surface area contributed by atoms with Crippen LogP contribution in [0, 0.1) is 6.92 Å². The third-order valence-corrected chi connectivity index (χ3v) is 5.01. The lowest BCUT2D eigenvalue weighted by Gasteiger charge is -2.12. The Morgan fingerprint density at radius 1 is 0.969 bits per heavy atom. The Morgan fingerprint density at radius 3 is 2.56 bits per heavy atom. The SMILES string of the molecule is COc1ccc(N=Cc2c(OCC(=O)Nc3cccc(C)c3)ccc3ccccc23)cc1. The molecule has 0 saturated carbocycles. The van der Waals surface area contributed by atoms with Crippen LogP contribution in [0.25, 0.3) is 10.8 Å². The number of aliphatic imine (C=N–C) groups is 1. The van der Waals surface area contributed by atoms with Crippen molar-refractivity contribution >= 4 is 34.3 Å². The third-order valence-electron chi connectivity index (χ3n) is 5.01. The Balaban J connectivity index is 1.56. The zero-order valence-electron chi connectivity index (χ0n) is 18.0. The topological polar surface area (TPSA) is 59.9 Å². The molecular weight excluding hydrogens is 400 g/mol. The summed E-state index contributed by atoms with van der Waals surface area (Å²) in [5, 5.41) is 4.94. The number of fused-ring (bicyclic) bond motifs is 1.